The van der Waals surface area contributed by atoms with Gasteiger partial charge in [0.25, 0.3) is 18.2 Å². The van der Waals surface area contributed by atoms with E-state index in [-0.39, 0.29) is 54.1 Å². The first kappa shape index (κ1) is 42.6. The van der Waals surface area contributed by atoms with Crippen LogP contribution in [0.15, 0.2) is 42.7 Å². The number of halogens is 2. The van der Waals surface area contributed by atoms with Crippen LogP contribution >= 0.6 is 0 Å². The number of rotatable bonds is 12. The summed E-state index contributed by atoms with van der Waals surface area (Å²) in [4.78, 5) is 80.5. The summed E-state index contributed by atoms with van der Waals surface area (Å²) in [6, 6.07) is 7.01. The van der Waals surface area contributed by atoms with Crippen molar-refractivity contribution >= 4 is 52.8 Å². The molecule has 336 valence electrons. The molecule has 2 saturated heterocycles. The minimum Gasteiger partial charge on any atom is -0.385 e. The number of nitrogens with one attached hydrogen (secondary N) is 4. The maximum absolute atomic E-state index is 15.0. The lowest BCUT2D eigenvalue weighted by atomic mass is 9.92. The highest BCUT2D eigenvalue weighted by Gasteiger charge is 2.45. The van der Waals surface area contributed by atoms with Crippen molar-refractivity contribution in [2.45, 2.75) is 83.0 Å². The summed E-state index contributed by atoms with van der Waals surface area (Å²) in [6.07, 6.45) is 4.62. The zero-order valence-corrected chi connectivity index (χ0v) is 35.3. The number of ether oxygens (including phenoxy) is 1. The number of piperidine rings is 1. The summed E-state index contributed by atoms with van der Waals surface area (Å²) in [7, 11) is 1.61. The van der Waals surface area contributed by atoms with Crippen LogP contribution in [0.2, 0.25) is 0 Å². The van der Waals surface area contributed by atoms with Crippen LogP contribution in [0.5, 0.6) is 0 Å². The quantitative estimate of drug-likeness (QED) is 0.119. The Labute approximate surface area is 366 Å². The second-order valence-electron chi connectivity index (χ2n) is 16.7. The van der Waals surface area contributed by atoms with Gasteiger partial charge in [-0.3, -0.25) is 43.6 Å². The number of aromatic nitrogens is 4. The molecule has 5 aliphatic heterocycles. The second-order valence-corrected chi connectivity index (χ2v) is 16.7. The molecule has 4 N–H and O–H groups in total. The number of hydrogen-bond acceptors (Lipinski definition) is 11. The van der Waals surface area contributed by atoms with Gasteiger partial charge < -0.3 is 30.5 Å². The van der Waals surface area contributed by atoms with Crippen molar-refractivity contribution in [3.05, 3.63) is 76.2 Å². The highest BCUT2D eigenvalue weighted by atomic mass is 19.3. The summed E-state index contributed by atoms with van der Waals surface area (Å²) < 4.78 is 39.1. The van der Waals surface area contributed by atoms with Gasteiger partial charge in [-0.15, -0.1) is 0 Å². The van der Waals surface area contributed by atoms with E-state index in [1.807, 2.05) is 4.90 Å². The van der Waals surface area contributed by atoms with Crippen molar-refractivity contribution in [1.29, 1.82) is 0 Å². The molecule has 0 aliphatic carbocycles. The molecule has 18 nitrogen and oxygen atoms in total. The molecule has 7 amide bonds. The minimum atomic E-state index is -2.80. The fourth-order valence-corrected chi connectivity index (χ4v) is 9.43. The van der Waals surface area contributed by atoms with Gasteiger partial charge in [0.1, 0.15) is 12.6 Å². The van der Waals surface area contributed by atoms with Gasteiger partial charge in [-0.25, -0.2) is 13.6 Å². The SMILES string of the molecule is CNC(=O)N1CCc2c(c(N3CCCc4cc(-c5cnn(CC(=O)NCCCNc6ccc7c(c6)C(=O)N(C6CCC(=O)NC6=O)C7=O)c5)c(C(F)F)cc43)nn2C2CCOCC2)C1. The molecule has 2 fully saturated rings. The van der Waals surface area contributed by atoms with Gasteiger partial charge in [-0.1, -0.05) is 0 Å². The van der Waals surface area contributed by atoms with E-state index >= 15 is 0 Å². The van der Waals surface area contributed by atoms with Crippen LogP contribution in [-0.2, 0) is 45.1 Å². The molecule has 4 aromatic rings. The third kappa shape index (κ3) is 8.17. The van der Waals surface area contributed by atoms with Gasteiger partial charge in [0, 0.05) is 99.2 Å². The summed E-state index contributed by atoms with van der Waals surface area (Å²) in [6.45, 7) is 3.37. The normalized spacial score (nSPS) is 18.8. The first-order valence-corrected chi connectivity index (χ1v) is 21.7. The van der Waals surface area contributed by atoms with Crippen LogP contribution in [0.4, 0.5) is 30.8 Å². The monoisotopic (exact) mass is 881 g/mol. The van der Waals surface area contributed by atoms with E-state index < -0.39 is 36.1 Å². The van der Waals surface area contributed by atoms with Gasteiger partial charge in [-0.2, -0.15) is 10.2 Å². The van der Waals surface area contributed by atoms with E-state index in [1.54, 1.807) is 42.4 Å². The number of carbonyl (C=O) groups is 6. The molecule has 64 heavy (non-hydrogen) atoms. The van der Waals surface area contributed by atoms with Crippen molar-refractivity contribution in [2.24, 2.45) is 0 Å². The van der Waals surface area contributed by atoms with Gasteiger partial charge in [-0.05, 0) is 80.0 Å². The molecule has 1 atom stereocenters. The van der Waals surface area contributed by atoms with E-state index in [0.29, 0.717) is 93.5 Å². The Morgan fingerprint density at radius 3 is 2.55 bits per heavy atom. The Hall–Kier alpha value is -6.70. The number of aryl methyl sites for hydroxylation is 1. The molecule has 0 saturated carbocycles. The van der Waals surface area contributed by atoms with E-state index in [2.05, 4.69) is 31.0 Å². The van der Waals surface area contributed by atoms with Crippen molar-refractivity contribution in [2.75, 3.05) is 56.7 Å². The standard InChI is InChI=1S/C44H49F2N11O7/c1-47-44(63)53-15-9-34-33(23-53)40(52-57(34)28-10-16-64-17-11-28)55-14-2-4-25-18-30(31(39(45)46)20-36(25)55)26-21-50-54(22-26)24-38(59)49-13-3-12-48-27-5-6-29-32(19-27)43(62)56(42(29)61)35-7-8-37(58)51-41(35)60/h5-6,18-22,28,35,39,48H,2-4,7-17,23-24H2,1H3,(H,47,63)(H,49,59)(H,51,58,60). The summed E-state index contributed by atoms with van der Waals surface area (Å²) in [5.41, 5.74) is 5.14. The van der Waals surface area contributed by atoms with E-state index in [0.717, 1.165) is 41.0 Å². The van der Waals surface area contributed by atoms with Crippen LogP contribution in [0.1, 0.15) is 94.1 Å². The van der Waals surface area contributed by atoms with Crippen LogP contribution < -0.4 is 26.2 Å². The lowest BCUT2D eigenvalue weighted by Crippen LogP contribution is -2.54. The topological polar surface area (TPSA) is 205 Å². The number of nitrogens with zero attached hydrogens (tertiary/aromatic N) is 7. The number of carbonyl (C=O) groups excluding carboxylic acids is 6. The maximum atomic E-state index is 15.0. The lowest BCUT2D eigenvalue weighted by molar-refractivity contribution is -0.136. The Bertz CT molecular complexity index is 2530. The predicted octanol–water partition coefficient (Wildman–Crippen LogP) is 3.84. The van der Waals surface area contributed by atoms with Gasteiger partial charge in [0.15, 0.2) is 5.82 Å². The number of benzene rings is 2. The van der Waals surface area contributed by atoms with Crippen molar-refractivity contribution < 1.29 is 42.3 Å². The first-order valence-electron chi connectivity index (χ1n) is 21.7. The number of urea groups is 1. The molecule has 2 aromatic carbocycles. The molecular weight excluding hydrogens is 833 g/mol. The molecule has 0 spiro atoms. The van der Waals surface area contributed by atoms with Crippen LogP contribution in [0, 0.1) is 0 Å². The molecule has 0 bridgehead atoms. The van der Waals surface area contributed by atoms with E-state index in [9.17, 15) is 37.5 Å². The zero-order chi connectivity index (χ0) is 44.6. The Morgan fingerprint density at radius 2 is 1.77 bits per heavy atom. The van der Waals surface area contributed by atoms with Crippen LogP contribution in [0.3, 0.4) is 0 Å². The summed E-state index contributed by atoms with van der Waals surface area (Å²) >= 11 is 0. The van der Waals surface area contributed by atoms with Gasteiger partial charge in [0.05, 0.1) is 29.9 Å². The number of amides is 7. The fraction of sp³-hybridized carbons (Fsp3) is 0.455. The number of fused-ring (bicyclic) bond motifs is 3. The average Bonchev–Trinajstić information content (AvgIpc) is 3.99. The van der Waals surface area contributed by atoms with Crippen molar-refractivity contribution in [3.8, 4) is 11.1 Å². The molecule has 2 aromatic heterocycles. The summed E-state index contributed by atoms with van der Waals surface area (Å²) in [5, 5.41) is 20.4. The molecule has 9 rings (SSSR count). The Kier molecular flexibility index (Phi) is 11.9. The minimum absolute atomic E-state index is 0.0330. The van der Waals surface area contributed by atoms with Gasteiger partial charge >= 0.3 is 6.03 Å². The van der Waals surface area contributed by atoms with Crippen molar-refractivity contribution in [3.63, 3.8) is 0 Å². The smallest absolute Gasteiger partial charge is 0.317 e. The van der Waals surface area contributed by atoms with Crippen LogP contribution in [0.25, 0.3) is 11.1 Å². The second kappa shape index (κ2) is 17.8. The Morgan fingerprint density at radius 1 is 0.953 bits per heavy atom. The molecule has 20 heteroatoms. The highest BCUT2D eigenvalue weighted by molar-refractivity contribution is 6.23. The highest BCUT2D eigenvalue weighted by Crippen LogP contribution is 2.44. The average molecular weight is 882 g/mol. The Balaban J connectivity index is 0.835. The predicted molar refractivity (Wildman–Crippen MR) is 227 cm³/mol. The number of anilines is 3. The summed E-state index contributed by atoms with van der Waals surface area (Å²) in [5.74, 6) is -1.93. The number of alkyl halides is 2. The molecule has 7 heterocycles. The lowest BCUT2D eigenvalue weighted by Gasteiger charge is -2.33. The zero-order valence-electron chi connectivity index (χ0n) is 35.3. The fourth-order valence-electron chi connectivity index (χ4n) is 9.43. The molecule has 1 unspecified atom stereocenters. The maximum Gasteiger partial charge on any atom is 0.317 e. The largest absolute Gasteiger partial charge is 0.385 e. The molecule has 5 aliphatic rings. The van der Waals surface area contributed by atoms with Gasteiger partial charge in [0.2, 0.25) is 17.7 Å². The third-order valence-corrected chi connectivity index (χ3v) is 12.7. The number of imide groups is 2. The first-order chi connectivity index (χ1) is 31.0. The van der Waals surface area contributed by atoms with E-state index in [1.165, 1.54) is 16.9 Å². The molecule has 0 radical (unpaired) electrons. The number of hydrogen-bond donors (Lipinski definition) is 4. The molecular formula is C44H49F2N11O7. The third-order valence-electron chi connectivity index (χ3n) is 12.7. The van der Waals surface area contributed by atoms with E-state index in [4.69, 9.17) is 9.84 Å². The van der Waals surface area contributed by atoms with Crippen LogP contribution in [-0.4, -0.2) is 117 Å². The van der Waals surface area contributed by atoms with Crippen molar-refractivity contribution in [1.82, 2.24) is 45.3 Å².